The molecular formula is C27H29FN4O4. The average molecular weight is 493 g/mol. The Hall–Kier alpha value is -4.19. The molecule has 0 aliphatic carbocycles. The van der Waals surface area contributed by atoms with E-state index in [0.29, 0.717) is 29.4 Å². The normalized spacial score (nSPS) is 11.0. The molecule has 0 unspecified atom stereocenters. The number of esters is 1. The summed E-state index contributed by atoms with van der Waals surface area (Å²) in [5.41, 5.74) is 1.79. The van der Waals surface area contributed by atoms with E-state index >= 15 is 0 Å². The van der Waals surface area contributed by atoms with Crippen molar-refractivity contribution >= 4 is 17.6 Å². The maximum absolute atomic E-state index is 13.6. The van der Waals surface area contributed by atoms with E-state index in [9.17, 15) is 19.2 Å². The van der Waals surface area contributed by atoms with Crippen molar-refractivity contribution < 1.29 is 23.5 Å². The zero-order valence-electron chi connectivity index (χ0n) is 21.0. The molecule has 9 heteroatoms. The van der Waals surface area contributed by atoms with E-state index in [0.717, 1.165) is 0 Å². The van der Waals surface area contributed by atoms with Gasteiger partial charge in [-0.25, -0.2) is 9.07 Å². The standard InChI is InChI=1S/C27H29FN4O4/c1-6-35-25(33)16-31(22-11-12-24(19(13-22)14-29)36-17-27(3,4)5)26(34)23-15-30-32(18(23)2)21-9-7-20(28)8-10-21/h7-13,15H,6,16-17H2,1-5H3. The summed E-state index contributed by atoms with van der Waals surface area (Å²) in [6, 6.07) is 12.5. The second kappa shape index (κ2) is 11.0. The van der Waals surface area contributed by atoms with Gasteiger partial charge in [-0.15, -0.1) is 0 Å². The number of ether oxygens (including phenoxy) is 2. The summed E-state index contributed by atoms with van der Waals surface area (Å²) in [5, 5.41) is 14.0. The minimum absolute atomic E-state index is 0.112. The molecule has 0 N–H and O–H groups in total. The van der Waals surface area contributed by atoms with E-state index in [-0.39, 0.29) is 35.5 Å². The van der Waals surface area contributed by atoms with Crippen LogP contribution in [0, 0.1) is 29.5 Å². The van der Waals surface area contributed by atoms with Gasteiger partial charge in [0.25, 0.3) is 5.91 Å². The lowest BCUT2D eigenvalue weighted by Gasteiger charge is -2.23. The zero-order valence-corrected chi connectivity index (χ0v) is 21.0. The van der Waals surface area contributed by atoms with Gasteiger partial charge in [0.1, 0.15) is 24.2 Å². The summed E-state index contributed by atoms with van der Waals surface area (Å²) in [6.07, 6.45) is 1.39. The fourth-order valence-corrected chi connectivity index (χ4v) is 3.42. The zero-order chi connectivity index (χ0) is 26.5. The Labute approximate surface area is 209 Å². The number of benzene rings is 2. The fourth-order valence-electron chi connectivity index (χ4n) is 3.42. The van der Waals surface area contributed by atoms with Crippen LogP contribution in [0.4, 0.5) is 10.1 Å². The number of hydrogen-bond donors (Lipinski definition) is 0. The van der Waals surface area contributed by atoms with Gasteiger partial charge in [-0.1, -0.05) is 20.8 Å². The predicted octanol–water partition coefficient (Wildman–Crippen LogP) is 4.83. The Morgan fingerprint density at radius 1 is 1.17 bits per heavy atom. The van der Waals surface area contributed by atoms with Crippen LogP contribution in [0.25, 0.3) is 5.69 Å². The lowest BCUT2D eigenvalue weighted by molar-refractivity contribution is -0.141. The molecular weight excluding hydrogens is 463 g/mol. The van der Waals surface area contributed by atoms with Gasteiger partial charge in [-0.05, 0) is 61.7 Å². The summed E-state index contributed by atoms with van der Waals surface area (Å²) in [7, 11) is 0. The van der Waals surface area contributed by atoms with Gasteiger partial charge >= 0.3 is 5.97 Å². The first-order valence-electron chi connectivity index (χ1n) is 11.5. The average Bonchev–Trinajstić information content (AvgIpc) is 3.22. The molecule has 3 aromatic rings. The number of nitriles is 1. The second-order valence-electron chi connectivity index (χ2n) is 9.37. The van der Waals surface area contributed by atoms with Gasteiger partial charge in [0.15, 0.2) is 0 Å². The number of rotatable bonds is 8. The second-order valence-corrected chi connectivity index (χ2v) is 9.37. The monoisotopic (exact) mass is 492 g/mol. The van der Waals surface area contributed by atoms with Crippen LogP contribution in [-0.2, 0) is 9.53 Å². The van der Waals surface area contributed by atoms with E-state index in [1.165, 1.54) is 34.0 Å². The summed E-state index contributed by atoms with van der Waals surface area (Å²) in [4.78, 5) is 27.3. The molecule has 3 rings (SSSR count). The van der Waals surface area contributed by atoms with Crippen molar-refractivity contribution in [1.82, 2.24) is 9.78 Å². The summed E-state index contributed by atoms with van der Waals surface area (Å²) < 4.78 is 25.7. The maximum atomic E-state index is 13.6. The SMILES string of the molecule is CCOC(=O)CN(C(=O)c1cnn(-c2ccc(F)cc2)c1C)c1ccc(OCC(C)(C)C)c(C#N)c1. The highest BCUT2D eigenvalue weighted by atomic mass is 19.1. The molecule has 8 nitrogen and oxygen atoms in total. The van der Waals surface area contributed by atoms with Crippen LogP contribution in [0.3, 0.4) is 0 Å². The van der Waals surface area contributed by atoms with Gasteiger partial charge in [0, 0.05) is 5.69 Å². The molecule has 0 saturated heterocycles. The highest BCUT2D eigenvalue weighted by Crippen LogP contribution is 2.28. The lowest BCUT2D eigenvalue weighted by Crippen LogP contribution is -2.37. The van der Waals surface area contributed by atoms with Crippen molar-refractivity contribution in [3.63, 3.8) is 0 Å². The van der Waals surface area contributed by atoms with Crippen molar-refractivity contribution in [2.75, 3.05) is 24.7 Å². The van der Waals surface area contributed by atoms with E-state index in [4.69, 9.17) is 9.47 Å². The Kier molecular flexibility index (Phi) is 8.10. The van der Waals surface area contributed by atoms with Crippen LogP contribution in [0.1, 0.15) is 49.3 Å². The molecule has 0 aliphatic rings. The smallest absolute Gasteiger partial charge is 0.326 e. The molecule has 0 radical (unpaired) electrons. The van der Waals surface area contributed by atoms with Crippen LogP contribution in [0.2, 0.25) is 0 Å². The molecule has 0 aliphatic heterocycles. The number of carbonyl (C=O) groups is 2. The molecule has 0 atom stereocenters. The molecule has 188 valence electrons. The highest BCUT2D eigenvalue weighted by molar-refractivity contribution is 6.09. The summed E-state index contributed by atoms with van der Waals surface area (Å²) in [5.74, 6) is -1.09. The molecule has 0 bridgehead atoms. The van der Waals surface area contributed by atoms with Crippen molar-refractivity contribution in [2.45, 2.75) is 34.6 Å². The van der Waals surface area contributed by atoms with Crippen molar-refractivity contribution in [3.8, 4) is 17.5 Å². The molecule has 1 heterocycles. The van der Waals surface area contributed by atoms with Crippen molar-refractivity contribution in [1.29, 1.82) is 5.26 Å². The van der Waals surface area contributed by atoms with Crippen LogP contribution in [-0.4, -0.2) is 41.4 Å². The minimum atomic E-state index is -0.596. The topological polar surface area (TPSA) is 97.5 Å². The third-order valence-corrected chi connectivity index (χ3v) is 5.21. The lowest BCUT2D eigenvalue weighted by atomic mass is 9.98. The number of nitrogens with zero attached hydrogens (tertiary/aromatic N) is 4. The molecule has 2 aromatic carbocycles. The van der Waals surface area contributed by atoms with Crippen LogP contribution >= 0.6 is 0 Å². The Morgan fingerprint density at radius 2 is 1.86 bits per heavy atom. The van der Waals surface area contributed by atoms with Gasteiger partial charge in [0.05, 0.1) is 41.9 Å². The molecule has 1 amide bonds. The summed E-state index contributed by atoms with van der Waals surface area (Å²) in [6.45, 7) is 9.62. The quantitative estimate of drug-likeness (QED) is 0.418. The van der Waals surface area contributed by atoms with Gasteiger partial charge < -0.3 is 9.47 Å². The number of halogens is 1. The van der Waals surface area contributed by atoms with Crippen molar-refractivity contribution in [3.05, 3.63) is 71.3 Å². The van der Waals surface area contributed by atoms with Crippen LogP contribution in [0.5, 0.6) is 5.75 Å². The predicted molar refractivity (Wildman–Crippen MR) is 133 cm³/mol. The Morgan fingerprint density at radius 3 is 2.47 bits per heavy atom. The first-order valence-corrected chi connectivity index (χ1v) is 11.5. The van der Waals surface area contributed by atoms with Crippen LogP contribution in [0.15, 0.2) is 48.7 Å². The highest BCUT2D eigenvalue weighted by Gasteiger charge is 2.26. The van der Waals surface area contributed by atoms with E-state index in [1.54, 1.807) is 38.1 Å². The molecule has 1 aromatic heterocycles. The number of hydrogen-bond acceptors (Lipinski definition) is 6. The number of amides is 1. The maximum Gasteiger partial charge on any atom is 0.326 e. The largest absolute Gasteiger partial charge is 0.492 e. The van der Waals surface area contributed by atoms with Crippen LogP contribution < -0.4 is 9.64 Å². The third-order valence-electron chi connectivity index (χ3n) is 5.21. The number of aromatic nitrogens is 2. The first kappa shape index (κ1) is 26.4. The third kappa shape index (κ3) is 6.27. The number of anilines is 1. The van der Waals surface area contributed by atoms with E-state index in [2.05, 4.69) is 11.2 Å². The fraction of sp³-hybridized carbons (Fsp3) is 0.333. The van der Waals surface area contributed by atoms with E-state index < -0.39 is 11.9 Å². The van der Waals surface area contributed by atoms with E-state index in [1.807, 2.05) is 20.8 Å². The first-order chi connectivity index (χ1) is 17.0. The number of carbonyl (C=O) groups excluding carboxylic acids is 2. The van der Waals surface area contributed by atoms with Crippen molar-refractivity contribution in [2.24, 2.45) is 5.41 Å². The Bertz CT molecular complexity index is 1290. The molecule has 0 saturated carbocycles. The van der Waals surface area contributed by atoms with Gasteiger partial charge in [-0.3, -0.25) is 14.5 Å². The van der Waals surface area contributed by atoms with Gasteiger partial charge in [-0.2, -0.15) is 10.4 Å². The van der Waals surface area contributed by atoms with Gasteiger partial charge in [0.2, 0.25) is 0 Å². The molecule has 0 spiro atoms. The summed E-state index contributed by atoms with van der Waals surface area (Å²) >= 11 is 0. The molecule has 36 heavy (non-hydrogen) atoms. The minimum Gasteiger partial charge on any atom is -0.492 e. The Balaban J connectivity index is 1.99. The molecule has 0 fully saturated rings.